The summed E-state index contributed by atoms with van der Waals surface area (Å²) in [4.78, 5) is 0. The molecule has 0 radical (unpaired) electrons. The molecule has 0 amide bonds. The van der Waals surface area contributed by atoms with E-state index in [0.29, 0.717) is 0 Å². The maximum absolute atomic E-state index is 10.1. The molecule has 38 heavy (non-hydrogen) atoms. The van der Waals surface area contributed by atoms with Crippen LogP contribution in [0.25, 0.3) is 54.6 Å². The summed E-state index contributed by atoms with van der Waals surface area (Å²) in [6.07, 6.45) is 9.22. The second-order valence-corrected chi connectivity index (χ2v) is 13.5. The lowest BCUT2D eigenvalue weighted by Gasteiger charge is -2.20. The third-order valence-electron chi connectivity index (χ3n) is 7.20. The molecule has 2 atom stereocenters. The van der Waals surface area contributed by atoms with Crippen molar-refractivity contribution in [3.63, 3.8) is 0 Å². The second-order valence-electron chi connectivity index (χ2n) is 9.78. The van der Waals surface area contributed by atoms with Crippen molar-refractivity contribution >= 4 is 70.6 Å². The molecule has 0 heterocycles. The van der Waals surface area contributed by atoms with Crippen LogP contribution in [0.15, 0.2) is 97.1 Å². The molecule has 4 heteroatoms. The van der Waals surface area contributed by atoms with Crippen molar-refractivity contribution in [3.8, 4) is 33.8 Å². The van der Waals surface area contributed by atoms with E-state index in [1.54, 1.807) is 24.3 Å². The zero-order chi connectivity index (χ0) is 26.6. The van der Waals surface area contributed by atoms with Gasteiger partial charge in [0.05, 0.1) is 12.6 Å². The van der Waals surface area contributed by atoms with E-state index in [0.717, 1.165) is 22.3 Å². The van der Waals surface area contributed by atoms with Crippen LogP contribution in [0.5, 0.6) is 11.5 Å². The molecule has 0 fully saturated rings. The average molecular weight is 531 g/mol. The van der Waals surface area contributed by atoms with Crippen LogP contribution in [0.4, 0.5) is 0 Å². The molecule has 0 aliphatic carbocycles. The first-order valence-corrected chi connectivity index (χ1v) is 16.4. The van der Waals surface area contributed by atoms with Gasteiger partial charge in [0.2, 0.25) is 0 Å². The molecule has 6 aromatic rings. The Morgan fingerprint density at radius 2 is 0.789 bits per heavy atom. The van der Waals surface area contributed by atoms with E-state index in [4.69, 9.17) is 0 Å². The summed E-state index contributed by atoms with van der Waals surface area (Å²) in [5.74, 6) is 0.498. The van der Waals surface area contributed by atoms with Gasteiger partial charge in [0.1, 0.15) is 39.9 Å². The fourth-order valence-corrected chi connectivity index (χ4v) is 8.15. The van der Waals surface area contributed by atoms with E-state index in [-0.39, 0.29) is 11.5 Å². The van der Waals surface area contributed by atoms with Gasteiger partial charge in [0, 0.05) is 32.7 Å². The number of fused-ring (bicyclic) bond motifs is 3. The van der Waals surface area contributed by atoms with Gasteiger partial charge in [-0.3, -0.25) is 0 Å². The molecule has 0 saturated heterocycles. The minimum Gasteiger partial charge on any atom is -0.508 e. The normalized spacial score (nSPS) is 12.3. The quantitative estimate of drug-likeness (QED) is 0.178. The standard InChI is InChI=1S/C34H26O2P2/c1-37(2)33-27-11-7-5-9-25(27)30(22-15-19-24(36)20-16-22)32-31(33)29(21-13-17-23(35)18-14-21)26-10-6-8-12-28(26)34(32)38(3)4/h5-20H,1,3H2,2,4H3/p+2. The summed E-state index contributed by atoms with van der Waals surface area (Å²) in [6, 6.07) is 32.3. The van der Waals surface area contributed by atoms with Gasteiger partial charge in [-0.2, -0.15) is 0 Å². The van der Waals surface area contributed by atoms with Crippen LogP contribution in [0.3, 0.4) is 0 Å². The largest absolute Gasteiger partial charge is 0.508 e. The molecule has 0 aromatic heterocycles. The van der Waals surface area contributed by atoms with Crippen molar-refractivity contribution in [2.75, 3.05) is 13.3 Å². The SMILES string of the molecule is C=[P+](C)c1c2ccccc2c(-c2ccc(O)cc2)c2c([P+](=C)C)c3ccccc3c(-c3ccc(O)cc3)c12. The monoisotopic (exact) mass is 530 g/mol. The Morgan fingerprint density at radius 1 is 0.474 bits per heavy atom. The average Bonchev–Trinajstić information content (AvgIpc) is 2.91. The minimum absolute atomic E-state index is 0.249. The van der Waals surface area contributed by atoms with E-state index in [2.05, 4.69) is 74.5 Å². The first-order chi connectivity index (χ1) is 18.4. The highest BCUT2D eigenvalue weighted by atomic mass is 31.1. The number of aromatic hydroxyl groups is 2. The van der Waals surface area contributed by atoms with Gasteiger partial charge in [0.25, 0.3) is 0 Å². The van der Waals surface area contributed by atoms with Crippen molar-refractivity contribution in [1.29, 1.82) is 0 Å². The van der Waals surface area contributed by atoms with Crippen LogP contribution in [0, 0.1) is 0 Å². The van der Waals surface area contributed by atoms with E-state index in [9.17, 15) is 10.2 Å². The number of phenols is 2. The van der Waals surface area contributed by atoms with E-state index >= 15 is 0 Å². The molecule has 0 aliphatic heterocycles. The van der Waals surface area contributed by atoms with Crippen molar-refractivity contribution < 1.29 is 10.2 Å². The molecule has 0 spiro atoms. The molecular formula is C34H28O2P2+2. The van der Waals surface area contributed by atoms with Crippen LogP contribution in [-0.4, -0.2) is 36.1 Å². The Labute approximate surface area is 224 Å². The molecular weight excluding hydrogens is 502 g/mol. The van der Waals surface area contributed by atoms with Gasteiger partial charge in [-0.05, 0) is 58.3 Å². The molecule has 0 saturated carbocycles. The summed E-state index contributed by atoms with van der Waals surface area (Å²) in [5.41, 5.74) is 4.44. The van der Waals surface area contributed by atoms with Gasteiger partial charge in [-0.1, -0.05) is 60.7 Å². The highest BCUT2D eigenvalue weighted by molar-refractivity contribution is 7.65. The van der Waals surface area contributed by atoms with Gasteiger partial charge < -0.3 is 10.2 Å². The van der Waals surface area contributed by atoms with E-state index < -0.39 is 15.1 Å². The summed E-state index contributed by atoms with van der Waals surface area (Å²) in [5, 5.41) is 30.0. The number of hydrogen-bond donors (Lipinski definition) is 2. The summed E-state index contributed by atoms with van der Waals surface area (Å²) in [7, 11) is -1.47. The lowest BCUT2D eigenvalue weighted by Crippen LogP contribution is -2.12. The predicted octanol–water partition coefficient (Wildman–Crippen LogP) is 8.23. The zero-order valence-electron chi connectivity index (χ0n) is 21.4. The van der Waals surface area contributed by atoms with Crippen molar-refractivity contribution in [2.24, 2.45) is 0 Å². The molecule has 0 aliphatic rings. The Morgan fingerprint density at radius 3 is 1.11 bits per heavy atom. The van der Waals surface area contributed by atoms with Gasteiger partial charge >= 0.3 is 0 Å². The van der Waals surface area contributed by atoms with Gasteiger partial charge in [-0.15, -0.1) is 0 Å². The first-order valence-electron chi connectivity index (χ1n) is 12.5. The smallest absolute Gasteiger partial charge is 0.164 e. The van der Waals surface area contributed by atoms with Crippen LogP contribution in [0.1, 0.15) is 0 Å². The van der Waals surface area contributed by atoms with Gasteiger partial charge in [-0.25, -0.2) is 0 Å². The van der Waals surface area contributed by atoms with Crippen LogP contribution in [0.2, 0.25) is 0 Å². The molecule has 184 valence electrons. The third kappa shape index (κ3) is 3.81. The fourth-order valence-electron chi connectivity index (χ4n) is 5.73. The lowest BCUT2D eigenvalue weighted by atomic mass is 9.85. The predicted molar refractivity (Wildman–Crippen MR) is 172 cm³/mol. The van der Waals surface area contributed by atoms with E-state index in [1.165, 1.54) is 42.9 Å². The molecule has 6 aromatic carbocycles. The number of rotatable bonds is 4. The van der Waals surface area contributed by atoms with Crippen LogP contribution < -0.4 is 10.6 Å². The van der Waals surface area contributed by atoms with Crippen molar-refractivity contribution in [1.82, 2.24) is 0 Å². The molecule has 0 bridgehead atoms. The molecule has 6 rings (SSSR count). The number of phenolic OH excluding ortho intramolecular Hbond substituents is 2. The number of benzene rings is 6. The summed E-state index contributed by atoms with van der Waals surface area (Å²) in [6.45, 7) is 4.45. The highest BCUT2D eigenvalue weighted by Gasteiger charge is 2.31. The number of hydrogen-bond acceptors (Lipinski definition) is 2. The lowest BCUT2D eigenvalue weighted by molar-refractivity contribution is 0.475. The maximum Gasteiger partial charge on any atom is 0.164 e. The van der Waals surface area contributed by atoms with Crippen molar-refractivity contribution in [2.45, 2.75) is 0 Å². The minimum atomic E-state index is -0.734. The summed E-state index contributed by atoms with van der Waals surface area (Å²) < 4.78 is 0. The third-order valence-corrected chi connectivity index (χ3v) is 9.66. The Kier molecular flexibility index (Phi) is 6.04. The topological polar surface area (TPSA) is 40.5 Å². The van der Waals surface area contributed by atoms with Gasteiger partial charge in [0.15, 0.2) is 10.6 Å². The highest BCUT2D eigenvalue weighted by Crippen LogP contribution is 2.47. The molecule has 2 N–H and O–H groups in total. The maximum atomic E-state index is 10.1. The Hall–Kier alpha value is -3.96. The summed E-state index contributed by atoms with van der Waals surface area (Å²) >= 11 is 0. The zero-order valence-corrected chi connectivity index (χ0v) is 23.2. The van der Waals surface area contributed by atoms with Crippen LogP contribution >= 0.6 is 15.1 Å². The molecule has 2 nitrogen and oxygen atoms in total. The first kappa shape index (κ1) is 24.4. The second kappa shape index (κ2) is 9.41. The van der Waals surface area contributed by atoms with E-state index in [1.807, 2.05) is 24.3 Å². The van der Waals surface area contributed by atoms with Crippen molar-refractivity contribution in [3.05, 3.63) is 97.1 Å². The Balaban J connectivity index is 2.02. The van der Waals surface area contributed by atoms with Crippen LogP contribution in [-0.2, 0) is 0 Å². The fraction of sp³-hybridized carbons (Fsp3) is 0.0588. The molecule has 2 unspecified atom stereocenters. The Bertz CT molecular complexity index is 1780.